The molecule has 1 saturated heterocycles. The van der Waals surface area contributed by atoms with Crippen molar-refractivity contribution in [2.75, 3.05) is 26.2 Å². The summed E-state index contributed by atoms with van der Waals surface area (Å²) in [4.78, 5) is 20.9. The fourth-order valence-corrected chi connectivity index (χ4v) is 4.23. The van der Waals surface area contributed by atoms with Gasteiger partial charge in [0.1, 0.15) is 11.5 Å². The molecule has 0 radical (unpaired) electrons. The molecule has 4 rings (SSSR count). The van der Waals surface area contributed by atoms with E-state index in [2.05, 4.69) is 22.0 Å². The van der Waals surface area contributed by atoms with Gasteiger partial charge in [-0.05, 0) is 19.4 Å². The van der Waals surface area contributed by atoms with Crippen molar-refractivity contribution in [2.24, 2.45) is 0 Å². The monoisotopic (exact) mass is 346 g/mol. The van der Waals surface area contributed by atoms with Gasteiger partial charge in [0.15, 0.2) is 0 Å². The summed E-state index contributed by atoms with van der Waals surface area (Å²) in [6.45, 7) is 6.78. The van der Waals surface area contributed by atoms with Gasteiger partial charge in [-0.2, -0.15) is 0 Å². The first-order chi connectivity index (χ1) is 11.8. The fourth-order valence-electron chi connectivity index (χ4n) is 3.70. The van der Waals surface area contributed by atoms with Crippen molar-refractivity contribution in [1.29, 1.82) is 0 Å². The normalized spacial score (nSPS) is 19.5. The number of carbonyl (C=O) groups excluding carboxylic acids is 1. The summed E-state index contributed by atoms with van der Waals surface area (Å²) in [7, 11) is 0. The second-order valence-electron chi connectivity index (χ2n) is 6.53. The van der Waals surface area contributed by atoms with Crippen LogP contribution in [0.5, 0.6) is 0 Å². The van der Waals surface area contributed by atoms with Crippen LogP contribution in [0.2, 0.25) is 0 Å². The van der Waals surface area contributed by atoms with Gasteiger partial charge in [-0.1, -0.05) is 12.1 Å². The molecule has 0 atom stereocenters. The summed E-state index contributed by atoms with van der Waals surface area (Å²) < 4.78 is 5.73. The number of carbonyl (C=O) groups is 1. The maximum atomic E-state index is 12.4. The minimum atomic E-state index is 0.0476. The highest BCUT2D eigenvalue weighted by molar-refractivity contribution is 7.07. The zero-order valence-corrected chi connectivity index (χ0v) is 14.7. The zero-order valence-electron chi connectivity index (χ0n) is 13.9. The topological polar surface area (TPSA) is 62.5 Å². The van der Waals surface area contributed by atoms with E-state index in [0.29, 0.717) is 11.6 Å². The van der Waals surface area contributed by atoms with Gasteiger partial charge in [-0.15, -0.1) is 11.3 Å². The Labute approximate surface area is 145 Å². The Morgan fingerprint density at radius 2 is 2.21 bits per heavy atom. The van der Waals surface area contributed by atoms with Crippen molar-refractivity contribution in [3.63, 3.8) is 0 Å². The average Bonchev–Trinajstić information content (AvgIpc) is 3.30. The van der Waals surface area contributed by atoms with E-state index in [9.17, 15) is 4.79 Å². The molecule has 2 aromatic heterocycles. The zero-order chi connectivity index (χ0) is 16.5. The number of piperidine rings is 1. The van der Waals surface area contributed by atoms with Crippen molar-refractivity contribution in [3.8, 4) is 0 Å². The molecule has 4 heterocycles. The Kier molecular flexibility index (Phi) is 4.37. The van der Waals surface area contributed by atoms with Crippen LogP contribution in [0.3, 0.4) is 0 Å². The van der Waals surface area contributed by atoms with E-state index >= 15 is 0 Å². The molecule has 0 unspecified atom stereocenters. The van der Waals surface area contributed by atoms with E-state index in [1.54, 1.807) is 5.51 Å². The molecule has 0 N–H and O–H groups in total. The molecule has 2 aliphatic heterocycles. The largest absolute Gasteiger partial charge is 0.360 e. The molecule has 0 spiro atoms. The smallest absolute Gasteiger partial charge is 0.273 e. The number of hydrogen-bond acceptors (Lipinski definition) is 6. The second kappa shape index (κ2) is 6.64. The lowest BCUT2D eigenvalue weighted by Gasteiger charge is -2.31. The van der Waals surface area contributed by atoms with Gasteiger partial charge in [0.2, 0.25) is 0 Å². The maximum absolute atomic E-state index is 12.4. The third kappa shape index (κ3) is 2.86. The standard InChI is InChI=1S/C17H22N4O2S/c1-2-20-6-5-14-13(9-20)16(23-19-14)12-3-7-21(8-4-12)17(22)15-10-24-11-18-15/h10-12H,2-9H2,1H3. The fraction of sp³-hybridized carbons (Fsp3) is 0.588. The van der Waals surface area contributed by atoms with E-state index in [1.165, 1.54) is 16.9 Å². The number of hydrogen-bond donors (Lipinski definition) is 0. The third-order valence-electron chi connectivity index (χ3n) is 5.20. The van der Waals surface area contributed by atoms with Crippen molar-refractivity contribution >= 4 is 17.2 Å². The molecule has 2 aromatic rings. The lowest BCUT2D eigenvalue weighted by atomic mass is 9.90. The van der Waals surface area contributed by atoms with Gasteiger partial charge >= 0.3 is 0 Å². The van der Waals surface area contributed by atoms with Crippen LogP contribution in [-0.4, -0.2) is 52.0 Å². The van der Waals surface area contributed by atoms with Crippen LogP contribution < -0.4 is 0 Å². The predicted octanol–water partition coefficient (Wildman–Crippen LogP) is 2.53. The number of amides is 1. The summed E-state index contributed by atoms with van der Waals surface area (Å²) >= 11 is 1.46. The van der Waals surface area contributed by atoms with Gasteiger partial charge in [0, 0.05) is 49.5 Å². The van der Waals surface area contributed by atoms with E-state index in [0.717, 1.165) is 63.4 Å². The summed E-state index contributed by atoms with van der Waals surface area (Å²) in [5, 5.41) is 6.12. The van der Waals surface area contributed by atoms with Crippen molar-refractivity contribution in [3.05, 3.63) is 33.6 Å². The van der Waals surface area contributed by atoms with Crippen LogP contribution in [0.25, 0.3) is 0 Å². The van der Waals surface area contributed by atoms with Crippen LogP contribution in [0.4, 0.5) is 0 Å². The number of fused-ring (bicyclic) bond motifs is 1. The van der Waals surface area contributed by atoms with Crippen LogP contribution in [0.1, 0.15) is 53.2 Å². The van der Waals surface area contributed by atoms with E-state index in [1.807, 2.05) is 10.3 Å². The van der Waals surface area contributed by atoms with Gasteiger partial charge in [0.05, 0.1) is 11.2 Å². The van der Waals surface area contributed by atoms with Crippen molar-refractivity contribution in [1.82, 2.24) is 19.9 Å². The van der Waals surface area contributed by atoms with E-state index in [4.69, 9.17) is 4.52 Å². The molecule has 0 saturated carbocycles. The highest BCUT2D eigenvalue weighted by atomic mass is 32.1. The SMILES string of the molecule is CCN1CCc2noc(C3CCN(C(=O)c4cscn4)CC3)c2C1. The Balaban J connectivity index is 1.43. The first-order valence-corrected chi connectivity index (χ1v) is 9.57. The van der Waals surface area contributed by atoms with Gasteiger partial charge in [-0.3, -0.25) is 9.69 Å². The summed E-state index contributed by atoms with van der Waals surface area (Å²) in [6, 6.07) is 0. The van der Waals surface area contributed by atoms with Gasteiger partial charge in [-0.25, -0.2) is 4.98 Å². The molecule has 6 nitrogen and oxygen atoms in total. The molecule has 2 aliphatic rings. The van der Waals surface area contributed by atoms with Gasteiger partial charge < -0.3 is 9.42 Å². The molecule has 128 valence electrons. The molecule has 1 fully saturated rings. The number of likely N-dealkylation sites (N-methyl/N-ethyl adjacent to an activating group) is 1. The summed E-state index contributed by atoms with van der Waals surface area (Å²) in [6.07, 6.45) is 2.85. The summed E-state index contributed by atoms with van der Waals surface area (Å²) in [5.74, 6) is 1.48. The summed E-state index contributed by atoms with van der Waals surface area (Å²) in [5.41, 5.74) is 4.71. The van der Waals surface area contributed by atoms with Gasteiger partial charge in [0.25, 0.3) is 5.91 Å². The molecule has 0 aromatic carbocycles. The number of aromatic nitrogens is 2. The molecular formula is C17H22N4O2S. The Morgan fingerprint density at radius 3 is 2.92 bits per heavy atom. The lowest BCUT2D eigenvalue weighted by molar-refractivity contribution is 0.0700. The molecule has 0 bridgehead atoms. The van der Waals surface area contributed by atoms with Crippen molar-refractivity contribution in [2.45, 2.75) is 38.6 Å². The molecule has 1 amide bonds. The van der Waals surface area contributed by atoms with E-state index in [-0.39, 0.29) is 5.91 Å². The average molecular weight is 346 g/mol. The van der Waals surface area contributed by atoms with Crippen LogP contribution in [0.15, 0.2) is 15.4 Å². The van der Waals surface area contributed by atoms with Crippen LogP contribution in [-0.2, 0) is 13.0 Å². The Bertz CT molecular complexity index is 704. The van der Waals surface area contributed by atoms with Crippen LogP contribution in [0, 0.1) is 0 Å². The molecule has 7 heteroatoms. The number of rotatable bonds is 3. The van der Waals surface area contributed by atoms with Crippen molar-refractivity contribution < 1.29 is 9.32 Å². The minimum absolute atomic E-state index is 0.0476. The highest BCUT2D eigenvalue weighted by Gasteiger charge is 2.32. The first-order valence-electron chi connectivity index (χ1n) is 8.63. The molecule has 24 heavy (non-hydrogen) atoms. The maximum Gasteiger partial charge on any atom is 0.273 e. The highest BCUT2D eigenvalue weighted by Crippen LogP contribution is 2.34. The lowest BCUT2D eigenvalue weighted by Crippen LogP contribution is -2.38. The number of likely N-dealkylation sites (tertiary alicyclic amines) is 1. The minimum Gasteiger partial charge on any atom is -0.360 e. The second-order valence-corrected chi connectivity index (χ2v) is 7.25. The third-order valence-corrected chi connectivity index (χ3v) is 5.78. The molecular weight excluding hydrogens is 324 g/mol. The number of nitrogens with zero attached hydrogens (tertiary/aromatic N) is 4. The Hall–Kier alpha value is -1.73. The molecule has 0 aliphatic carbocycles. The predicted molar refractivity (Wildman–Crippen MR) is 91.2 cm³/mol. The first kappa shape index (κ1) is 15.8. The Morgan fingerprint density at radius 1 is 1.38 bits per heavy atom. The quantitative estimate of drug-likeness (QED) is 0.855. The van der Waals surface area contributed by atoms with Crippen LogP contribution >= 0.6 is 11.3 Å². The van der Waals surface area contributed by atoms with E-state index < -0.39 is 0 Å². The number of thiazole rings is 1.